The van der Waals surface area contributed by atoms with E-state index in [1.54, 1.807) is 12.4 Å². The zero-order valence-corrected chi connectivity index (χ0v) is 17.2. The lowest BCUT2D eigenvalue weighted by atomic mass is 9.71. The molecule has 1 spiro atoms. The van der Waals surface area contributed by atoms with Gasteiger partial charge in [-0.25, -0.2) is 8.78 Å². The van der Waals surface area contributed by atoms with E-state index < -0.39 is 28.9 Å². The summed E-state index contributed by atoms with van der Waals surface area (Å²) in [5.41, 5.74) is 0.347. The normalized spacial score (nSPS) is 20.1. The van der Waals surface area contributed by atoms with Crippen LogP contribution in [0.15, 0.2) is 42.7 Å². The Hall–Kier alpha value is -2.87. The number of carbonyl (C=O) groups is 2. The van der Waals surface area contributed by atoms with Crippen molar-refractivity contribution in [2.75, 3.05) is 32.8 Å². The number of amides is 2. The number of ether oxygens (including phenoxy) is 1. The van der Waals surface area contributed by atoms with Crippen LogP contribution in [0.3, 0.4) is 0 Å². The second-order valence-electron chi connectivity index (χ2n) is 8.23. The van der Waals surface area contributed by atoms with Crippen LogP contribution in [0, 0.1) is 23.0 Å². The molecule has 2 aromatic rings. The predicted octanol–water partition coefficient (Wildman–Crippen LogP) is 2.59. The number of benzene rings is 1. The third-order valence-electron chi connectivity index (χ3n) is 6.36. The molecule has 1 N–H and O–H groups in total. The summed E-state index contributed by atoms with van der Waals surface area (Å²) in [5, 5.41) is 2.99. The van der Waals surface area contributed by atoms with E-state index in [1.165, 1.54) is 4.90 Å². The van der Waals surface area contributed by atoms with Crippen molar-refractivity contribution in [3.8, 4) is 0 Å². The first-order valence-electron chi connectivity index (χ1n) is 10.5. The van der Waals surface area contributed by atoms with Gasteiger partial charge in [-0.1, -0.05) is 0 Å². The molecule has 0 aliphatic carbocycles. The van der Waals surface area contributed by atoms with Gasteiger partial charge in [0.25, 0.3) is 5.91 Å². The lowest BCUT2D eigenvalue weighted by Gasteiger charge is -2.37. The molecule has 6 nitrogen and oxygen atoms in total. The zero-order chi connectivity index (χ0) is 21.8. The van der Waals surface area contributed by atoms with Gasteiger partial charge in [0, 0.05) is 50.7 Å². The van der Waals surface area contributed by atoms with Crippen molar-refractivity contribution in [2.24, 2.45) is 11.3 Å². The summed E-state index contributed by atoms with van der Waals surface area (Å²) < 4.78 is 33.3. The van der Waals surface area contributed by atoms with Crippen LogP contribution >= 0.6 is 0 Å². The van der Waals surface area contributed by atoms with E-state index in [0.29, 0.717) is 45.6 Å². The van der Waals surface area contributed by atoms with Gasteiger partial charge in [0.15, 0.2) is 0 Å². The number of hydrogen-bond donors (Lipinski definition) is 1. The molecule has 2 aliphatic rings. The van der Waals surface area contributed by atoms with Crippen LogP contribution in [0.2, 0.25) is 0 Å². The van der Waals surface area contributed by atoms with E-state index in [9.17, 15) is 18.4 Å². The number of aromatic nitrogens is 1. The predicted molar refractivity (Wildman–Crippen MR) is 109 cm³/mol. The fourth-order valence-corrected chi connectivity index (χ4v) is 4.60. The maximum atomic E-state index is 14.2. The molecule has 0 radical (unpaired) electrons. The summed E-state index contributed by atoms with van der Waals surface area (Å²) in [4.78, 5) is 31.5. The molecule has 2 saturated heterocycles. The van der Waals surface area contributed by atoms with Crippen molar-refractivity contribution in [3.63, 3.8) is 0 Å². The minimum absolute atomic E-state index is 0.119. The fraction of sp³-hybridized carbons (Fsp3) is 0.435. The van der Waals surface area contributed by atoms with Gasteiger partial charge in [-0.3, -0.25) is 14.6 Å². The van der Waals surface area contributed by atoms with E-state index in [2.05, 4.69) is 10.3 Å². The van der Waals surface area contributed by atoms with Gasteiger partial charge in [-0.05, 0) is 55.2 Å². The van der Waals surface area contributed by atoms with Crippen LogP contribution in [-0.4, -0.2) is 54.5 Å². The molecule has 0 bridgehead atoms. The van der Waals surface area contributed by atoms with Crippen LogP contribution < -0.4 is 5.32 Å². The molecule has 1 aromatic carbocycles. The SMILES string of the molecule is O=C(NCCc1ccncc1)C1CN(C(=O)c2cc(F)ccc2F)CC12CCOCC2. The molecule has 4 rings (SSSR count). The standard InChI is InChI=1S/C23H25F2N3O3/c24-17-1-2-20(25)18(13-17)22(30)28-14-19(23(15-28)6-11-31-12-7-23)21(29)27-10-5-16-3-8-26-9-4-16/h1-4,8-9,13,19H,5-7,10-12,14-15H2,(H,27,29). The number of rotatable bonds is 5. The molecule has 3 heterocycles. The topological polar surface area (TPSA) is 71.5 Å². The summed E-state index contributed by atoms with van der Waals surface area (Å²) >= 11 is 0. The Labute approximate surface area is 179 Å². The van der Waals surface area contributed by atoms with Gasteiger partial charge in [-0.2, -0.15) is 0 Å². The van der Waals surface area contributed by atoms with Gasteiger partial charge < -0.3 is 15.0 Å². The molecule has 1 atom stereocenters. The molecule has 2 aliphatic heterocycles. The van der Waals surface area contributed by atoms with E-state index >= 15 is 0 Å². The van der Waals surface area contributed by atoms with E-state index in [1.807, 2.05) is 12.1 Å². The van der Waals surface area contributed by atoms with Gasteiger partial charge in [-0.15, -0.1) is 0 Å². The molecular formula is C23H25F2N3O3. The lowest BCUT2D eigenvalue weighted by molar-refractivity contribution is -0.129. The Morgan fingerprint density at radius 1 is 1.16 bits per heavy atom. The minimum Gasteiger partial charge on any atom is -0.381 e. The zero-order valence-electron chi connectivity index (χ0n) is 17.2. The van der Waals surface area contributed by atoms with Crippen LogP contribution in [-0.2, 0) is 16.0 Å². The number of nitrogens with zero attached hydrogens (tertiary/aromatic N) is 2. The maximum Gasteiger partial charge on any atom is 0.256 e. The number of carbonyl (C=O) groups excluding carboxylic acids is 2. The highest BCUT2D eigenvalue weighted by atomic mass is 19.1. The van der Waals surface area contributed by atoms with Crippen molar-refractivity contribution in [3.05, 3.63) is 65.5 Å². The van der Waals surface area contributed by atoms with E-state index in [4.69, 9.17) is 4.74 Å². The molecule has 2 fully saturated rings. The summed E-state index contributed by atoms with van der Waals surface area (Å²) in [6, 6.07) is 6.64. The van der Waals surface area contributed by atoms with Crippen LogP contribution in [0.25, 0.3) is 0 Å². The first kappa shape index (κ1) is 21.4. The average Bonchev–Trinajstić information content (AvgIpc) is 3.14. The van der Waals surface area contributed by atoms with Crippen molar-refractivity contribution >= 4 is 11.8 Å². The Morgan fingerprint density at radius 2 is 1.90 bits per heavy atom. The molecule has 31 heavy (non-hydrogen) atoms. The number of nitrogens with one attached hydrogen (secondary N) is 1. The largest absolute Gasteiger partial charge is 0.381 e. The van der Waals surface area contributed by atoms with E-state index in [-0.39, 0.29) is 18.0 Å². The molecule has 8 heteroatoms. The quantitative estimate of drug-likeness (QED) is 0.793. The summed E-state index contributed by atoms with van der Waals surface area (Å²) in [6.07, 6.45) is 5.38. The molecule has 0 saturated carbocycles. The molecule has 1 aromatic heterocycles. The number of likely N-dealkylation sites (tertiary alicyclic amines) is 1. The Bertz CT molecular complexity index is 948. The van der Waals surface area contributed by atoms with Crippen LogP contribution in [0.5, 0.6) is 0 Å². The molecular weight excluding hydrogens is 404 g/mol. The van der Waals surface area contributed by atoms with Gasteiger partial charge in [0.1, 0.15) is 11.6 Å². The second kappa shape index (κ2) is 9.09. The van der Waals surface area contributed by atoms with Gasteiger partial charge >= 0.3 is 0 Å². The monoisotopic (exact) mass is 429 g/mol. The Balaban J connectivity index is 1.48. The fourth-order valence-electron chi connectivity index (χ4n) is 4.60. The van der Waals surface area contributed by atoms with Crippen LogP contribution in [0.4, 0.5) is 8.78 Å². The van der Waals surface area contributed by atoms with Gasteiger partial charge in [0.2, 0.25) is 5.91 Å². The van der Waals surface area contributed by atoms with Crippen molar-refractivity contribution in [1.82, 2.24) is 15.2 Å². The van der Waals surface area contributed by atoms with Crippen molar-refractivity contribution in [2.45, 2.75) is 19.3 Å². The number of halogens is 2. The number of pyridine rings is 1. The van der Waals surface area contributed by atoms with E-state index in [0.717, 1.165) is 23.8 Å². The second-order valence-corrected chi connectivity index (χ2v) is 8.23. The van der Waals surface area contributed by atoms with Gasteiger partial charge in [0.05, 0.1) is 11.5 Å². The highest BCUT2D eigenvalue weighted by molar-refractivity contribution is 5.95. The van der Waals surface area contributed by atoms with Crippen LogP contribution in [0.1, 0.15) is 28.8 Å². The first-order chi connectivity index (χ1) is 15.0. The van der Waals surface area contributed by atoms with Crippen molar-refractivity contribution < 1.29 is 23.1 Å². The maximum absolute atomic E-state index is 14.2. The average molecular weight is 429 g/mol. The highest BCUT2D eigenvalue weighted by Crippen LogP contribution is 2.44. The smallest absolute Gasteiger partial charge is 0.256 e. The Morgan fingerprint density at radius 3 is 2.65 bits per heavy atom. The first-order valence-corrected chi connectivity index (χ1v) is 10.5. The summed E-state index contributed by atoms with van der Waals surface area (Å²) in [6.45, 7) is 2.00. The molecule has 164 valence electrons. The highest BCUT2D eigenvalue weighted by Gasteiger charge is 2.51. The molecule has 2 amide bonds. The molecule has 1 unspecified atom stereocenters. The van der Waals surface area contributed by atoms with Crippen molar-refractivity contribution in [1.29, 1.82) is 0 Å². The summed E-state index contributed by atoms with van der Waals surface area (Å²) in [7, 11) is 0. The third-order valence-corrected chi connectivity index (χ3v) is 6.36. The minimum atomic E-state index is -0.766. The third kappa shape index (κ3) is 4.58. The number of hydrogen-bond acceptors (Lipinski definition) is 4. The lowest BCUT2D eigenvalue weighted by Crippen LogP contribution is -2.44. The summed E-state index contributed by atoms with van der Waals surface area (Å²) in [5.74, 6) is -2.57. The Kier molecular flexibility index (Phi) is 6.27.